The zero-order chi connectivity index (χ0) is 40.7. The molecule has 10 aromatic rings. The fourth-order valence-electron chi connectivity index (χ4n) is 9.41. The van der Waals surface area contributed by atoms with Crippen LogP contribution in [0.15, 0.2) is 128 Å². The van der Waals surface area contributed by atoms with E-state index >= 15 is 0 Å². The lowest BCUT2D eigenvalue weighted by molar-refractivity contribution is 0.484. The minimum atomic E-state index is 0.346. The number of hydrogen-bond donors (Lipinski definition) is 0. The van der Waals surface area contributed by atoms with Crippen molar-refractivity contribution in [2.75, 3.05) is 0 Å². The van der Waals surface area contributed by atoms with E-state index in [0.29, 0.717) is 23.7 Å². The molecule has 0 saturated carbocycles. The number of ether oxygens (including phenoxy) is 1. The van der Waals surface area contributed by atoms with Gasteiger partial charge in [0.25, 0.3) is 0 Å². The second-order valence-electron chi connectivity index (χ2n) is 17.3. The van der Waals surface area contributed by atoms with Crippen molar-refractivity contribution in [3.8, 4) is 33.9 Å². The van der Waals surface area contributed by atoms with Crippen LogP contribution in [0.2, 0.25) is 0 Å². The maximum atomic E-state index is 6.77. The smallest absolute Gasteiger partial charge is 0.146 e. The molecule has 0 atom stereocenters. The van der Waals surface area contributed by atoms with Crippen LogP contribution >= 0.6 is 0 Å². The lowest BCUT2D eigenvalue weighted by atomic mass is 9.84. The molecule has 0 N–H and O–H groups in total. The van der Waals surface area contributed by atoms with Gasteiger partial charge in [-0.2, -0.15) is 0 Å². The fraction of sp³-hybridized carbons (Fsp3) is 0.226. The lowest BCUT2D eigenvalue weighted by Gasteiger charge is -2.21. The van der Waals surface area contributed by atoms with Crippen LogP contribution in [0.5, 0.6) is 11.5 Å². The Bertz CT molecular complexity index is 3220. The topological polar surface area (TPSA) is 56.7 Å². The summed E-state index contributed by atoms with van der Waals surface area (Å²) in [6.07, 6.45) is 7.85. The molecule has 0 radical (unpaired) electrons. The summed E-state index contributed by atoms with van der Waals surface area (Å²) in [5.41, 5.74) is 14.1. The van der Waals surface area contributed by atoms with Gasteiger partial charge in [-0.3, -0.25) is 8.80 Å². The van der Waals surface area contributed by atoms with Gasteiger partial charge in [0.05, 0.1) is 17.4 Å². The summed E-state index contributed by atoms with van der Waals surface area (Å²) >= 11 is 0. The first kappa shape index (κ1) is 36.8. The number of pyridine rings is 3. The summed E-state index contributed by atoms with van der Waals surface area (Å²) < 4.78 is 11.2. The van der Waals surface area contributed by atoms with Gasteiger partial charge in [0.2, 0.25) is 0 Å². The zero-order valence-electron chi connectivity index (χ0n) is 35.1. The molecule has 5 aromatic heterocycles. The highest BCUT2D eigenvalue weighted by Crippen LogP contribution is 2.42. The maximum absolute atomic E-state index is 6.77. The van der Waals surface area contributed by atoms with Gasteiger partial charge in [0, 0.05) is 45.7 Å². The molecular weight excluding hydrogens is 723 g/mol. The predicted molar refractivity (Wildman–Crippen MR) is 246 cm³/mol. The minimum absolute atomic E-state index is 0.346. The van der Waals surface area contributed by atoms with Crippen LogP contribution in [0.3, 0.4) is 0 Å². The molecule has 0 aliphatic rings. The third kappa shape index (κ3) is 5.87. The summed E-state index contributed by atoms with van der Waals surface area (Å²) in [7, 11) is 0. The molecule has 6 heteroatoms. The number of hydrogen-bond acceptors (Lipinski definition) is 4. The van der Waals surface area contributed by atoms with E-state index in [1.807, 2.05) is 24.7 Å². The summed E-state index contributed by atoms with van der Waals surface area (Å²) in [5.74, 6) is 2.99. The molecule has 5 aromatic carbocycles. The van der Waals surface area contributed by atoms with Crippen molar-refractivity contribution in [2.24, 2.45) is 0 Å². The van der Waals surface area contributed by atoms with Crippen LogP contribution in [0, 0.1) is 0 Å². The van der Waals surface area contributed by atoms with Gasteiger partial charge in [-0.15, -0.1) is 0 Å². The standard InChI is InChI=1S/C53H49N5O/c1-30(2)37-12-9-13-38(31(3)4)49(37)34-17-22-47-44(26-34)42-21-19-35(27-45(42)51-55-24-25-57(47)51)59-36-18-20-41-43-16-11-23-54-52(43)58-48(29-56-53(58)46(41)28-36)50-39(32(5)6)14-10-15-40(50)33(7)8/h9-33H,1-8H3. The molecule has 0 bridgehead atoms. The largest absolute Gasteiger partial charge is 0.457 e. The number of rotatable bonds is 8. The molecule has 0 amide bonds. The second kappa shape index (κ2) is 14.1. The van der Waals surface area contributed by atoms with Crippen molar-refractivity contribution >= 4 is 54.8 Å². The van der Waals surface area contributed by atoms with Crippen molar-refractivity contribution in [3.05, 3.63) is 150 Å². The number of benzene rings is 5. The van der Waals surface area contributed by atoms with Crippen molar-refractivity contribution < 1.29 is 4.74 Å². The van der Waals surface area contributed by atoms with Crippen LogP contribution in [-0.4, -0.2) is 23.8 Å². The Morgan fingerprint density at radius 2 is 1.02 bits per heavy atom. The first-order chi connectivity index (χ1) is 28.6. The summed E-state index contributed by atoms with van der Waals surface area (Å²) in [6, 6.07) is 37.3. The van der Waals surface area contributed by atoms with E-state index in [-0.39, 0.29) is 0 Å². The van der Waals surface area contributed by atoms with Gasteiger partial charge in [-0.05, 0) is 128 Å². The molecule has 0 spiro atoms. The van der Waals surface area contributed by atoms with Gasteiger partial charge >= 0.3 is 0 Å². The van der Waals surface area contributed by atoms with Gasteiger partial charge in [0.15, 0.2) is 0 Å². The first-order valence-corrected chi connectivity index (χ1v) is 21.0. The number of nitrogens with zero attached hydrogens (tertiary/aromatic N) is 5. The van der Waals surface area contributed by atoms with Gasteiger partial charge < -0.3 is 4.74 Å². The SMILES string of the molecule is CC(C)c1cccc(C(C)C)c1-c1ccc2c(c1)c1ccc(Oc3ccc4c5cccnc5n5c(-c6c(C(C)C)cccc6C(C)C)cnc5c4c3)cc1c1nccn21. The zero-order valence-corrected chi connectivity index (χ0v) is 35.1. The second-order valence-corrected chi connectivity index (χ2v) is 17.3. The highest BCUT2D eigenvalue weighted by atomic mass is 16.5. The molecule has 10 rings (SSSR count). The average Bonchev–Trinajstić information content (AvgIpc) is 3.92. The molecule has 59 heavy (non-hydrogen) atoms. The molecule has 0 fully saturated rings. The summed E-state index contributed by atoms with van der Waals surface area (Å²) in [5, 5.41) is 6.55. The Kier molecular flexibility index (Phi) is 8.78. The lowest BCUT2D eigenvalue weighted by Crippen LogP contribution is -2.03. The highest BCUT2D eigenvalue weighted by molar-refractivity contribution is 6.14. The first-order valence-electron chi connectivity index (χ1n) is 21.0. The van der Waals surface area contributed by atoms with E-state index in [2.05, 4.69) is 167 Å². The molecule has 5 heterocycles. The monoisotopic (exact) mass is 771 g/mol. The van der Waals surface area contributed by atoms with Crippen molar-refractivity contribution in [3.63, 3.8) is 0 Å². The molecule has 6 nitrogen and oxygen atoms in total. The van der Waals surface area contributed by atoms with E-state index in [0.717, 1.165) is 66.6 Å². The summed E-state index contributed by atoms with van der Waals surface area (Å²) in [6.45, 7) is 18.2. The normalized spacial score (nSPS) is 12.3. The van der Waals surface area contributed by atoms with Crippen molar-refractivity contribution in [1.82, 2.24) is 23.8 Å². The van der Waals surface area contributed by atoms with E-state index in [1.165, 1.54) is 44.3 Å². The highest BCUT2D eigenvalue weighted by Gasteiger charge is 2.23. The quantitative estimate of drug-likeness (QED) is 0.144. The van der Waals surface area contributed by atoms with Gasteiger partial charge in [-0.25, -0.2) is 15.0 Å². The van der Waals surface area contributed by atoms with Crippen LogP contribution in [0.4, 0.5) is 0 Å². The molecular formula is C53H49N5O. The van der Waals surface area contributed by atoms with Crippen LogP contribution in [0.25, 0.3) is 77.2 Å². The average molecular weight is 772 g/mol. The predicted octanol–water partition coefficient (Wildman–Crippen LogP) is 14.6. The van der Waals surface area contributed by atoms with E-state index in [4.69, 9.17) is 19.7 Å². The molecule has 292 valence electrons. The Hall–Kier alpha value is -6.53. The van der Waals surface area contributed by atoms with Crippen molar-refractivity contribution in [2.45, 2.75) is 79.1 Å². The molecule has 0 unspecified atom stereocenters. The van der Waals surface area contributed by atoms with Crippen LogP contribution < -0.4 is 4.74 Å². The van der Waals surface area contributed by atoms with E-state index < -0.39 is 0 Å². The minimum Gasteiger partial charge on any atom is -0.457 e. The fourth-order valence-corrected chi connectivity index (χ4v) is 9.41. The maximum Gasteiger partial charge on any atom is 0.146 e. The summed E-state index contributed by atoms with van der Waals surface area (Å²) in [4.78, 5) is 14.9. The molecule has 0 aliphatic carbocycles. The number of aromatic nitrogens is 5. The van der Waals surface area contributed by atoms with Crippen LogP contribution in [0.1, 0.15) is 101 Å². The number of fused-ring (bicyclic) bond motifs is 12. The Labute approximate surface area is 345 Å². The Balaban J connectivity index is 1.13. The number of imidazole rings is 2. The third-order valence-corrected chi connectivity index (χ3v) is 12.2. The van der Waals surface area contributed by atoms with Crippen molar-refractivity contribution in [1.29, 1.82) is 0 Å². The molecule has 0 saturated heterocycles. The molecule has 0 aliphatic heterocycles. The Morgan fingerprint density at radius 3 is 1.64 bits per heavy atom. The van der Waals surface area contributed by atoms with E-state index in [1.54, 1.807) is 0 Å². The van der Waals surface area contributed by atoms with E-state index in [9.17, 15) is 0 Å². The van der Waals surface area contributed by atoms with Crippen LogP contribution in [-0.2, 0) is 0 Å². The Morgan fingerprint density at radius 1 is 0.458 bits per heavy atom. The van der Waals surface area contributed by atoms with Gasteiger partial charge in [-0.1, -0.05) is 97.9 Å². The third-order valence-electron chi connectivity index (χ3n) is 12.2. The van der Waals surface area contributed by atoms with Gasteiger partial charge in [0.1, 0.15) is 28.4 Å².